The van der Waals surface area contributed by atoms with Crippen LogP contribution in [0.3, 0.4) is 0 Å². The molecule has 0 atom stereocenters. The molecule has 2 aromatic rings. The van der Waals surface area contributed by atoms with Gasteiger partial charge in [0.1, 0.15) is 5.75 Å². The van der Waals surface area contributed by atoms with E-state index in [2.05, 4.69) is 4.84 Å². The van der Waals surface area contributed by atoms with Crippen LogP contribution in [0.15, 0.2) is 36.4 Å². The van der Waals surface area contributed by atoms with E-state index in [9.17, 15) is 14.9 Å². The largest absolute Gasteiger partial charge is 0.497 e. The van der Waals surface area contributed by atoms with Gasteiger partial charge in [-0.2, -0.15) is 0 Å². The molecule has 2 rings (SSSR count). The minimum absolute atomic E-state index is 0. The molecule has 2 aromatic carbocycles. The Hall–Kier alpha value is -2.83. The summed E-state index contributed by atoms with van der Waals surface area (Å²) in [6.45, 7) is 0.647. The summed E-state index contributed by atoms with van der Waals surface area (Å²) in [6.07, 6.45) is 8.29. The normalized spacial score (nSPS) is 10.4. The van der Waals surface area contributed by atoms with Gasteiger partial charge in [-0.3, -0.25) is 4.79 Å². The monoisotopic (exact) mass is 433 g/mol. The number of esters is 1. The van der Waals surface area contributed by atoms with Crippen molar-refractivity contribution in [3.8, 4) is 5.75 Å². The first-order chi connectivity index (χ1) is 14.6. The van der Waals surface area contributed by atoms with Crippen LogP contribution in [0, 0.1) is 10.1 Å². The number of carbonyl (C=O) groups is 1. The predicted molar refractivity (Wildman–Crippen MR) is 122 cm³/mol. The fraction of sp³-hybridized carbons (Fsp3) is 0.542. The number of fused-ring (bicyclic) bond motifs is 1. The minimum atomic E-state index is -0.744. The van der Waals surface area contributed by atoms with E-state index < -0.39 is 5.09 Å². The molecule has 0 heterocycles. The van der Waals surface area contributed by atoms with Crippen LogP contribution in [-0.4, -0.2) is 31.4 Å². The molecule has 0 aliphatic heterocycles. The molecular formula is C24H35NO6. The molecule has 0 aliphatic rings. The number of hydrogen-bond donors (Lipinski definition) is 0. The molecule has 0 saturated carbocycles. The molecule has 0 fully saturated rings. The van der Waals surface area contributed by atoms with Crippen molar-refractivity contribution >= 4 is 16.7 Å². The average molecular weight is 434 g/mol. The van der Waals surface area contributed by atoms with Gasteiger partial charge in [0.15, 0.2) is 0 Å². The van der Waals surface area contributed by atoms with Crippen molar-refractivity contribution in [3.05, 3.63) is 52.1 Å². The van der Waals surface area contributed by atoms with E-state index in [-0.39, 0.29) is 26.4 Å². The molecule has 7 nitrogen and oxygen atoms in total. The highest BCUT2D eigenvalue weighted by molar-refractivity contribution is 5.85. The molecular weight excluding hydrogens is 398 g/mol. The number of methoxy groups -OCH3 is 1. The van der Waals surface area contributed by atoms with E-state index in [1.165, 1.54) is 0 Å². The van der Waals surface area contributed by atoms with Crippen molar-refractivity contribution in [1.82, 2.24) is 0 Å². The summed E-state index contributed by atoms with van der Waals surface area (Å²) in [4.78, 5) is 26.3. The summed E-state index contributed by atoms with van der Waals surface area (Å²) in [7, 11) is 1.65. The number of rotatable bonds is 15. The maximum absolute atomic E-state index is 12.1. The Morgan fingerprint density at radius 3 is 2.10 bits per heavy atom. The Morgan fingerprint density at radius 2 is 1.45 bits per heavy atom. The lowest BCUT2D eigenvalue weighted by Gasteiger charge is -2.07. The van der Waals surface area contributed by atoms with Crippen LogP contribution in [0.4, 0.5) is 0 Å². The quantitative estimate of drug-likeness (QED) is 0.150. The van der Waals surface area contributed by atoms with E-state index in [1.54, 1.807) is 7.11 Å². The highest BCUT2D eigenvalue weighted by Gasteiger charge is 2.06. The topological polar surface area (TPSA) is 87.9 Å². The fourth-order valence-corrected chi connectivity index (χ4v) is 3.32. The van der Waals surface area contributed by atoms with E-state index in [4.69, 9.17) is 9.47 Å². The minimum Gasteiger partial charge on any atom is -0.497 e. The molecule has 0 unspecified atom stereocenters. The van der Waals surface area contributed by atoms with Gasteiger partial charge in [-0.05, 0) is 41.3 Å². The van der Waals surface area contributed by atoms with Crippen molar-refractivity contribution in [2.24, 2.45) is 0 Å². The summed E-state index contributed by atoms with van der Waals surface area (Å²) < 4.78 is 10.6. The fourth-order valence-electron chi connectivity index (χ4n) is 3.32. The zero-order chi connectivity index (χ0) is 21.6. The third-order valence-electron chi connectivity index (χ3n) is 4.96. The van der Waals surface area contributed by atoms with E-state index >= 15 is 0 Å². The summed E-state index contributed by atoms with van der Waals surface area (Å²) >= 11 is 0. The Morgan fingerprint density at radius 1 is 0.871 bits per heavy atom. The van der Waals surface area contributed by atoms with Crippen molar-refractivity contribution < 1.29 is 24.2 Å². The van der Waals surface area contributed by atoms with Gasteiger partial charge in [-0.15, -0.1) is 10.1 Å². The van der Waals surface area contributed by atoms with Gasteiger partial charge in [0.2, 0.25) is 0 Å². The number of carbonyl (C=O) groups excluding carboxylic acids is 1. The van der Waals surface area contributed by atoms with Crippen molar-refractivity contribution in [2.75, 3.05) is 20.3 Å². The van der Waals surface area contributed by atoms with E-state index in [0.717, 1.165) is 73.5 Å². The second-order valence-corrected chi connectivity index (χ2v) is 7.33. The molecule has 172 valence electrons. The lowest BCUT2D eigenvalue weighted by molar-refractivity contribution is -0.757. The number of ether oxygens (including phenoxy) is 2. The highest BCUT2D eigenvalue weighted by atomic mass is 16.9. The van der Waals surface area contributed by atoms with Crippen LogP contribution < -0.4 is 4.74 Å². The lowest BCUT2D eigenvalue weighted by atomic mass is 10.0. The zero-order valence-electron chi connectivity index (χ0n) is 17.6. The van der Waals surface area contributed by atoms with E-state index in [0.29, 0.717) is 6.61 Å². The van der Waals surface area contributed by atoms with Crippen LogP contribution in [0.1, 0.15) is 64.4 Å². The smallest absolute Gasteiger partial charge is 0.310 e. The van der Waals surface area contributed by atoms with Gasteiger partial charge in [-0.1, -0.05) is 70.2 Å². The number of unbranched alkanes of at least 4 members (excludes halogenated alkanes) is 7. The third kappa shape index (κ3) is 10.7. The Kier molecular flexibility index (Phi) is 12.7. The van der Waals surface area contributed by atoms with Gasteiger partial charge < -0.3 is 14.3 Å². The van der Waals surface area contributed by atoms with Crippen molar-refractivity contribution in [1.29, 1.82) is 0 Å². The molecule has 0 aromatic heterocycles. The summed E-state index contributed by atoms with van der Waals surface area (Å²) in [6, 6.07) is 11.8. The second-order valence-electron chi connectivity index (χ2n) is 7.33. The van der Waals surface area contributed by atoms with Gasteiger partial charge in [0.05, 0.1) is 26.7 Å². The molecule has 7 heteroatoms. The van der Waals surface area contributed by atoms with Crippen LogP contribution in [-0.2, 0) is 20.8 Å². The molecule has 0 spiro atoms. The lowest BCUT2D eigenvalue weighted by Crippen LogP contribution is -2.09. The summed E-state index contributed by atoms with van der Waals surface area (Å²) in [5, 5.41) is 11.4. The van der Waals surface area contributed by atoms with Crippen LogP contribution in [0.5, 0.6) is 5.75 Å². The maximum atomic E-state index is 12.1. The molecule has 0 bridgehead atoms. The van der Waals surface area contributed by atoms with Crippen molar-refractivity contribution in [3.63, 3.8) is 0 Å². The number of benzene rings is 2. The second kappa shape index (κ2) is 15.0. The van der Waals surface area contributed by atoms with E-state index in [1.807, 2.05) is 36.4 Å². The third-order valence-corrected chi connectivity index (χ3v) is 4.96. The van der Waals surface area contributed by atoms with Crippen molar-refractivity contribution in [2.45, 2.75) is 65.2 Å². The standard InChI is InChI=1S/C23H31NO6.CH4/c1-28-22-13-12-20-16-19(10-11-21(20)18-22)17-23(25)29-14-8-6-4-2-3-5-7-9-15-30-24(26)27;/h10-13,16,18H,2-9,14-15,17H2,1H3;1H4. The Bertz CT molecular complexity index is 808. The maximum Gasteiger partial charge on any atom is 0.310 e. The molecule has 0 saturated heterocycles. The van der Waals surface area contributed by atoms with Gasteiger partial charge in [0, 0.05) is 0 Å². The van der Waals surface area contributed by atoms with Crippen LogP contribution in [0.2, 0.25) is 0 Å². The molecule has 0 N–H and O–H groups in total. The predicted octanol–water partition coefficient (Wildman–Crippen LogP) is 5.90. The number of hydrogen-bond acceptors (Lipinski definition) is 6. The zero-order valence-corrected chi connectivity index (χ0v) is 17.6. The first kappa shape index (κ1) is 26.2. The summed E-state index contributed by atoms with van der Waals surface area (Å²) in [5.41, 5.74) is 0.946. The van der Waals surface area contributed by atoms with Gasteiger partial charge in [-0.25, -0.2) is 0 Å². The Labute approximate surface area is 184 Å². The summed E-state index contributed by atoms with van der Waals surface area (Å²) in [5.74, 6) is 0.622. The van der Waals surface area contributed by atoms with Crippen LogP contribution in [0.25, 0.3) is 10.8 Å². The van der Waals surface area contributed by atoms with Gasteiger partial charge >= 0.3 is 5.97 Å². The van der Waals surface area contributed by atoms with Gasteiger partial charge in [0.25, 0.3) is 5.09 Å². The number of nitrogens with zero attached hydrogens (tertiary/aromatic N) is 1. The Balaban J connectivity index is 0.00000480. The molecule has 0 amide bonds. The first-order valence-corrected chi connectivity index (χ1v) is 10.6. The molecule has 0 aliphatic carbocycles. The molecule has 31 heavy (non-hydrogen) atoms. The average Bonchev–Trinajstić information content (AvgIpc) is 2.73. The highest BCUT2D eigenvalue weighted by Crippen LogP contribution is 2.22. The van der Waals surface area contributed by atoms with Crippen LogP contribution >= 0.6 is 0 Å². The SMILES string of the molecule is C.COc1ccc2cc(CC(=O)OCCCCCCCCCCO[N+](=O)[O-])ccc2c1. The molecule has 0 radical (unpaired) electrons. The first-order valence-electron chi connectivity index (χ1n) is 10.6.